The van der Waals surface area contributed by atoms with Gasteiger partial charge in [0.15, 0.2) is 12.3 Å². The summed E-state index contributed by atoms with van der Waals surface area (Å²) >= 11 is 0. The van der Waals surface area contributed by atoms with Crippen molar-refractivity contribution in [1.82, 2.24) is 9.80 Å². The van der Waals surface area contributed by atoms with Gasteiger partial charge in [0.2, 0.25) is 0 Å². The van der Waals surface area contributed by atoms with E-state index in [0.29, 0.717) is 5.84 Å². The van der Waals surface area contributed by atoms with Gasteiger partial charge in [0.1, 0.15) is 30.3 Å². The standard InChI is InChI=1S/C13H18N4O5/c1-13(2)12-15-9(21)6-10(17(12)13)16(4-14-6)11-8(20)7(19)5(3-18)22-11/h4-8,10-11,18-20H,3H2,1-2H3/t5-,6?,7-,8-,10?,11-,17?/m1/s1. The Bertz CT molecular complexity index is 591. The van der Waals surface area contributed by atoms with Crippen molar-refractivity contribution >= 4 is 18.1 Å². The minimum Gasteiger partial charge on any atom is -0.394 e. The van der Waals surface area contributed by atoms with Crippen molar-refractivity contribution < 1.29 is 24.9 Å². The number of rotatable bonds is 2. The average Bonchev–Trinajstić information content (AvgIpc) is 2.82. The Morgan fingerprint density at radius 3 is 2.73 bits per heavy atom. The first-order chi connectivity index (χ1) is 10.4. The van der Waals surface area contributed by atoms with Crippen molar-refractivity contribution in [3.8, 4) is 0 Å². The molecule has 2 saturated heterocycles. The molecule has 0 saturated carbocycles. The van der Waals surface area contributed by atoms with E-state index in [2.05, 4.69) is 9.98 Å². The number of aliphatic hydroxyl groups is 3. The van der Waals surface area contributed by atoms with Crippen LogP contribution in [0.3, 0.4) is 0 Å². The summed E-state index contributed by atoms with van der Waals surface area (Å²) in [4.78, 5) is 23.9. The molecule has 9 heteroatoms. The molecule has 0 aromatic carbocycles. The van der Waals surface area contributed by atoms with Gasteiger partial charge in [-0.2, -0.15) is 4.99 Å². The predicted molar refractivity (Wildman–Crippen MR) is 74.0 cm³/mol. The highest BCUT2D eigenvalue weighted by atomic mass is 16.6. The number of ether oxygens (including phenoxy) is 1. The Kier molecular flexibility index (Phi) is 2.72. The van der Waals surface area contributed by atoms with Crippen molar-refractivity contribution in [2.45, 2.75) is 56.1 Å². The molecular formula is C13H18N4O5. The number of hydrogen-bond donors (Lipinski definition) is 3. The number of amidine groups is 1. The van der Waals surface area contributed by atoms with Crippen LogP contribution in [0.2, 0.25) is 0 Å². The molecule has 4 aliphatic heterocycles. The summed E-state index contributed by atoms with van der Waals surface area (Å²) in [5.41, 5.74) is -0.334. The zero-order valence-corrected chi connectivity index (χ0v) is 12.2. The molecule has 0 spiro atoms. The highest BCUT2D eigenvalue weighted by molar-refractivity contribution is 6.14. The number of aliphatic imine (C=N–C) groups is 2. The maximum atomic E-state index is 12.1. The third-order valence-corrected chi connectivity index (χ3v) is 4.82. The lowest BCUT2D eigenvalue weighted by atomic mass is 10.1. The molecule has 9 nitrogen and oxygen atoms in total. The van der Waals surface area contributed by atoms with Crippen LogP contribution in [0.4, 0.5) is 0 Å². The molecule has 2 fully saturated rings. The molecule has 3 N–H and O–H groups in total. The molecule has 0 aromatic rings. The Morgan fingerprint density at radius 1 is 1.36 bits per heavy atom. The van der Waals surface area contributed by atoms with E-state index in [-0.39, 0.29) is 11.4 Å². The van der Waals surface area contributed by atoms with Crippen LogP contribution in [0.25, 0.3) is 0 Å². The molecule has 2 unspecified atom stereocenters. The molecular weight excluding hydrogens is 292 g/mol. The first-order valence-corrected chi connectivity index (χ1v) is 7.23. The van der Waals surface area contributed by atoms with Gasteiger partial charge in [-0.15, -0.1) is 0 Å². The summed E-state index contributed by atoms with van der Waals surface area (Å²) < 4.78 is 5.55. The quantitative estimate of drug-likeness (QED) is 0.482. The number of carbonyl (C=O) groups is 1. The summed E-state index contributed by atoms with van der Waals surface area (Å²) in [6.45, 7) is 3.51. The molecule has 0 aliphatic carbocycles. The molecule has 1 amide bonds. The average molecular weight is 310 g/mol. The Hall–Kier alpha value is -1.55. The zero-order chi connectivity index (χ0) is 15.8. The maximum Gasteiger partial charge on any atom is 0.276 e. The number of fused-ring (bicyclic) bond motifs is 3. The van der Waals surface area contributed by atoms with Crippen LogP contribution in [0.1, 0.15) is 13.8 Å². The molecule has 4 heterocycles. The fourth-order valence-corrected chi connectivity index (χ4v) is 3.51. The molecule has 0 aromatic heterocycles. The lowest BCUT2D eigenvalue weighted by molar-refractivity contribution is -0.125. The molecule has 0 radical (unpaired) electrons. The first kappa shape index (κ1) is 14.1. The van der Waals surface area contributed by atoms with Gasteiger partial charge in [-0.1, -0.05) is 0 Å². The fourth-order valence-electron chi connectivity index (χ4n) is 3.51. The van der Waals surface area contributed by atoms with Crippen LogP contribution in [0, 0.1) is 0 Å². The summed E-state index contributed by atoms with van der Waals surface area (Å²) in [6.07, 6.45) is -3.06. The molecule has 22 heavy (non-hydrogen) atoms. The molecule has 4 rings (SSSR count). The third-order valence-electron chi connectivity index (χ3n) is 4.82. The van der Waals surface area contributed by atoms with Crippen LogP contribution >= 0.6 is 0 Å². The van der Waals surface area contributed by atoms with Gasteiger partial charge >= 0.3 is 0 Å². The number of aliphatic hydroxyl groups excluding tert-OH is 3. The van der Waals surface area contributed by atoms with Crippen LogP contribution in [0.15, 0.2) is 9.98 Å². The lowest BCUT2D eigenvalue weighted by Crippen LogP contribution is -2.55. The molecule has 0 bridgehead atoms. The van der Waals surface area contributed by atoms with Gasteiger partial charge in [-0.05, 0) is 13.8 Å². The Labute approximate surface area is 126 Å². The second kappa shape index (κ2) is 4.25. The summed E-state index contributed by atoms with van der Waals surface area (Å²) in [6, 6.07) is -0.661. The fraction of sp³-hybridized carbons (Fsp3) is 0.769. The van der Waals surface area contributed by atoms with E-state index in [0.717, 1.165) is 0 Å². The SMILES string of the molecule is CC1(C)C2=NC(=O)C3N=CN([C@@H]4O[C@H](CO)[C@@H](O)[C@H]4O)C3N21. The van der Waals surface area contributed by atoms with Crippen LogP contribution in [-0.2, 0) is 9.53 Å². The van der Waals surface area contributed by atoms with E-state index in [1.54, 1.807) is 4.90 Å². The van der Waals surface area contributed by atoms with Crippen LogP contribution < -0.4 is 0 Å². The van der Waals surface area contributed by atoms with Gasteiger partial charge in [-0.25, -0.2) is 0 Å². The van der Waals surface area contributed by atoms with E-state index < -0.39 is 43.4 Å². The number of hydrogen-bond acceptors (Lipinski definition) is 8. The lowest BCUT2D eigenvalue weighted by Gasteiger charge is -2.35. The topological polar surface area (TPSA) is 118 Å². The highest BCUT2D eigenvalue weighted by Crippen LogP contribution is 2.45. The van der Waals surface area contributed by atoms with Crippen molar-refractivity contribution in [2.24, 2.45) is 9.98 Å². The third kappa shape index (κ3) is 1.59. The molecule has 120 valence electrons. The minimum atomic E-state index is -1.19. The van der Waals surface area contributed by atoms with Crippen molar-refractivity contribution in [3.63, 3.8) is 0 Å². The van der Waals surface area contributed by atoms with Crippen LogP contribution in [0.5, 0.6) is 0 Å². The largest absolute Gasteiger partial charge is 0.394 e. The van der Waals surface area contributed by atoms with Crippen molar-refractivity contribution in [2.75, 3.05) is 6.61 Å². The van der Waals surface area contributed by atoms with Gasteiger partial charge in [-0.3, -0.25) is 9.79 Å². The number of nitrogens with zero attached hydrogens (tertiary/aromatic N) is 4. The normalized spacial score (nSPS) is 45.0. The van der Waals surface area contributed by atoms with E-state index in [1.165, 1.54) is 6.34 Å². The number of carbonyl (C=O) groups excluding carboxylic acids is 1. The molecule has 4 aliphatic rings. The number of amides is 1. The highest BCUT2D eigenvalue weighted by Gasteiger charge is 2.65. The van der Waals surface area contributed by atoms with Crippen molar-refractivity contribution in [3.05, 3.63) is 0 Å². The minimum absolute atomic E-state index is 0.313. The van der Waals surface area contributed by atoms with Gasteiger partial charge in [0.25, 0.3) is 5.91 Å². The Balaban J connectivity index is 1.64. The predicted octanol–water partition coefficient (Wildman–Crippen LogP) is -2.50. The summed E-state index contributed by atoms with van der Waals surface area (Å²) in [5, 5.41) is 29.3. The van der Waals surface area contributed by atoms with Crippen LogP contribution in [-0.4, -0.2) is 92.1 Å². The second-order valence-corrected chi connectivity index (χ2v) is 6.50. The smallest absolute Gasteiger partial charge is 0.276 e. The van der Waals surface area contributed by atoms with E-state index in [9.17, 15) is 20.1 Å². The first-order valence-electron chi connectivity index (χ1n) is 7.23. The van der Waals surface area contributed by atoms with Crippen molar-refractivity contribution in [1.29, 1.82) is 0 Å². The summed E-state index contributed by atoms with van der Waals surface area (Å²) in [5.74, 6) is 0.383. The van der Waals surface area contributed by atoms with Gasteiger partial charge in [0, 0.05) is 0 Å². The maximum absolute atomic E-state index is 12.1. The molecule has 6 atom stereocenters. The van der Waals surface area contributed by atoms with E-state index in [1.807, 2.05) is 18.7 Å². The van der Waals surface area contributed by atoms with E-state index >= 15 is 0 Å². The Morgan fingerprint density at radius 2 is 2.09 bits per heavy atom. The second-order valence-electron chi connectivity index (χ2n) is 6.50. The van der Waals surface area contributed by atoms with E-state index in [4.69, 9.17) is 4.74 Å². The monoisotopic (exact) mass is 310 g/mol. The summed E-state index contributed by atoms with van der Waals surface area (Å²) in [7, 11) is 0. The van der Waals surface area contributed by atoms with Gasteiger partial charge in [0.05, 0.1) is 18.5 Å². The van der Waals surface area contributed by atoms with Gasteiger partial charge < -0.3 is 29.9 Å². The zero-order valence-electron chi connectivity index (χ0n) is 12.2.